The average Bonchev–Trinajstić information content (AvgIpc) is 3.50. The van der Waals surface area contributed by atoms with Gasteiger partial charge in [0.2, 0.25) is 0 Å². The predicted molar refractivity (Wildman–Crippen MR) is 130 cm³/mol. The van der Waals surface area contributed by atoms with Crippen LogP contribution in [0.5, 0.6) is 0 Å². The van der Waals surface area contributed by atoms with Gasteiger partial charge >= 0.3 is 0 Å². The van der Waals surface area contributed by atoms with Crippen molar-refractivity contribution in [2.45, 2.75) is 32.5 Å². The van der Waals surface area contributed by atoms with E-state index in [1.165, 1.54) is 0 Å². The van der Waals surface area contributed by atoms with E-state index in [0.717, 1.165) is 29.4 Å². The zero-order valence-corrected chi connectivity index (χ0v) is 19.2. The summed E-state index contributed by atoms with van der Waals surface area (Å²) in [6.07, 6.45) is 4.42. The highest BCUT2D eigenvalue weighted by molar-refractivity contribution is 5.97. The van der Waals surface area contributed by atoms with E-state index >= 15 is 0 Å². The van der Waals surface area contributed by atoms with Crippen molar-refractivity contribution < 1.29 is 9.90 Å². The third-order valence-electron chi connectivity index (χ3n) is 5.83. The molecule has 0 aliphatic carbocycles. The number of rotatable bonds is 11. The van der Waals surface area contributed by atoms with Gasteiger partial charge in [-0.25, -0.2) is 4.98 Å². The fraction of sp³-hybridized carbons (Fsp3) is 0.333. The molecule has 0 radical (unpaired) electrons. The minimum Gasteiger partial charge on any atom is -0.395 e. The summed E-state index contributed by atoms with van der Waals surface area (Å²) in [6, 6.07) is 13.4. The van der Waals surface area contributed by atoms with Crippen LogP contribution in [0.4, 0.5) is 5.82 Å². The standard InChI is InChI=1S/C24H30N8O2/c1-17(16-33)31(9-8-18-6-7-23(25)26-13-18)10-11-32-15-20(29-30-32)14-27-24(34)22-12-19-4-2-3-5-21(19)28-22/h2-7,12-13,15,17,28,33H,8-11,14,16H2,1H3,(H2,25,26)(H,27,34)/t17-/m0/s1. The molecule has 10 nitrogen and oxygen atoms in total. The minimum absolute atomic E-state index is 0.0142. The van der Waals surface area contributed by atoms with Gasteiger partial charge in [-0.1, -0.05) is 29.5 Å². The van der Waals surface area contributed by atoms with Crippen molar-refractivity contribution >= 4 is 22.6 Å². The second-order valence-corrected chi connectivity index (χ2v) is 8.33. The van der Waals surface area contributed by atoms with Gasteiger partial charge in [0, 0.05) is 36.2 Å². The third-order valence-corrected chi connectivity index (χ3v) is 5.83. The van der Waals surface area contributed by atoms with Gasteiger partial charge in [0.05, 0.1) is 25.9 Å². The molecule has 1 atom stereocenters. The predicted octanol–water partition coefficient (Wildman–Crippen LogP) is 1.59. The normalized spacial score (nSPS) is 12.3. The Kier molecular flexibility index (Phi) is 7.51. The fourth-order valence-corrected chi connectivity index (χ4v) is 3.75. The Bertz CT molecular complexity index is 1180. The maximum Gasteiger partial charge on any atom is 0.268 e. The van der Waals surface area contributed by atoms with Crippen LogP contribution in [0.25, 0.3) is 10.9 Å². The van der Waals surface area contributed by atoms with Crippen molar-refractivity contribution in [2.24, 2.45) is 0 Å². The van der Waals surface area contributed by atoms with Crippen LogP contribution in [0, 0.1) is 0 Å². The van der Waals surface area contributed by atoms with Crippen molar-refractivity contribution in [2.75, 3.05) is 25.4 Å². The number of H-pyrrole nitrogens is 1. The number of fused-ring (bicyclic) bond motifs is 1. The van der Waals surface area contributed by atoms with Crippen LogP contribution in [0.1, 0.15) is 28.7 Å². The molecule has 0 bridgehead atoms. The van der Waals surface area contributed by atoms with E-state index in [9.17, 15) is 9.90 Å². The number of nitrogens with zero attached hydrogens (tertiary/aromatic N) is 5. The molecule has 0 fully saturated rings. The van der Waals surface area contributed by atoms with Crippen molar-refractivity contribution in [1.29, 1.82) is 0 Å². The summed E-state index contributed by atoms with van der Waals surface area (Å²) in [5.41, 5.74) is 8.87. The van der Waals surface area contributed by atoms with Crippen molar-refractivity contribution in [3.63, 3.8) is 0 Å². The minimum atomic E-state index is -0.189. The van der Waals surface area contributed by atoms with Crippen LogP contribution < -0.4 is 11.1 Å². The molecule has 34 heavy (non-hydrogen) atoms. The maximum atomic E-state index is 12.5. The van der Waals surface area contributed by atoms with Crippen LogP contribution in [-0.4, -0.2) is 66.6 Å². The number of carbonyl (C=O) groups excluding carboxylic acids is 1. The highest BCUT2D eigenvalue weighted by Crippen LogP contribution is 2.14. The molecule has 3 aromatic heterocycles. The van der Waals surface area contributed by atoms with E-state index in [2.05, 4.69) is 30.5 Å². The van der Waals surface area contributed by atoms with E-state index in [1.807, 2.05) is 49.5 Å². The molecule has 0 spiro atoms. The Balaban J connectivity index is 1.28. The number of anilines is 1. The van der Waals surface area contributed by atoms with Crippen molar-refractivity contribution in [3.05, 3.63) is 71.8 Å². The smallest absolute Gasteiger partial charge is 0.268 e. The average molecular weight is 463 g/mol. The number of nitrogens with two attached hydrogens (primary N) is 1. The molecule has 4 aromatic rings. The molecular weight excluding hydrogens is 432 g/mol. The summed E-state index contributed by atoms with van der Waals surface area (Å²) >= 11 is 0. The fourth-order valence-electron chi connectivity index (χ4n) is 3.75. The maximum absolute atomic E-state index is 12.5. The molecule has 0 aliphatic heterocycles. The first-order valence-corrected chi connectivity index (χ1v) is 11.3. The lowest BCUT2D eigenvalue weighted by atomic mass is 10.2. The van der Waals surface area contributed by atoms with Crippen LogP contribution in [-0.2, 0) is 19.5 Å². The molecule has 3 heterocycles. The molecular formula is C24H30N8O2. The number of aromatic amines is 1. The zero-order chi connectivity index (χ0) is 23.9. The number of aliphatic hydroxyl groups excluding tert-OH is 1. The Morgan fingerprint density at radius 3 is 2.88 bits per heavy atom. The number of para-hydroxylation sites is 1. The van der Waals surface area contributed by atoms with Crippen LogP contribution in [0.15, 0.2) is 54.9 Å². The number of benzene rings is 1. The van der Waals surface area contributed by atoms with Crippen LogP contribution in [0.2, 0.25) is 0 Å². The first-order chi connectivity index (χ1) is 16.5. The first kappa shape index (κ1) is 23.4. The number of pyridine rings is 1. The van der Waals surface area contributed by atoms with Crippen LogP contribution in [0.3, 0.4) is 0 Å². The highest BCUT2D eigenvalue weighted by Gasteiger charge is 2.14. The SMILES string of the molecule is C[C@@H](CO)N(CCc1ccc(N)nc1)CCn1cc(CNC(=O)c2cc3ccccc3[nH]2)nn1. The Morgan fingerprint density at radius 1 is 1.26 bits per heavy atom. The summed E-state index contributed by atoms with van der Waals surface area (Å²) < 4.78 is 1.76. The Labute approximate surface area is 197 Å². The lowest BCUT2D eigenvalue weighted by molar-refractivity contribution is 0.0946. The number of hydrogen-bond acceptors (Lipinski definition) is 7. The molecule has 0 saturated carbocycles. The summed E-state index contributed by atoms with van der Waals surface area (Å²) in [6.45, 7) is 4.45. The molecule has 5 N–H and O–H groups in total. The largest absolute Gasteiger partial charge is 0.395 e. The molecule has 178 valence electrons. The van der Waals surface area contributed by atoms with E-state index < -0.39 is 0 Å². The summed E-state index contributed by atoms with van der Waals surface area (Å²) in [4.78, 5) is 21.9. The van der Waals surface area contributed by atoms with Gasteiger partial charge in [0.15, 0.2) is 0 Å². The lowest BCUT2D eigenvalue weighted by Crippen LogP contribution is -2.39. The molecule has 1 aromatic carbocycles. The van der Waals surface area contributed by atoms with Gasteiger partial charge < -0.3 is 21.1 Å². The van der Waals surface area contributed by atoms with Gasteiger partial charge in [0.25, 0.3) is 5.91 Å². The van der Waals surface area contributed by atoms with Gasteiger partial charge in [-0.2, -0.15) is 0 Å². The zero-order valence-electron chi connectivity index (χ0n) is 19.2. The molecule has 0 unspecified atom stereocenters. The van der Waals surface area contributed by atoms with Crippen LogP contribution >= 0.6 is 0 Å². The molecule has 10 heteroatoms. The van der Waals surface area contributed by atoms with Gasteiger partial charge in [-0.15, -0.1) is 5.10 Å². The monoisotopic (exact) mass is 462 g/mol. The Morgan fingerprint density at radius 2 is 2.12 bits per heavy atom. The molecule has 4 rings (SSSR count). The van der Waals surface area contributed by atoms with Gasteiger partial charge in [-0.3, -0.25) is 14.4 Å². The number of aliphatic hydroxyl groups is 1. The lowest BCUT2D eigenvalue weighted by Gasteiger charge is -2.27. The van der Waals surface area contributed by atoms with E-state index in [-0.39, 0.29) is 25.1 Å². The summed E-state index contributed by atoms with van der Waals surface area (Å²) in [5.74, 6) is 0.315. The number of amides is 1. The molecule has 0 aliphatic rings. The second kappa shape index (κ2) is 10.9. The molecule has 1 amide bonds. The highest BCUT2D eigenvalue weighted by atomic mass is 16.3. The van der Waals surface area contributed by atoms with Crippen molar-refractivity contribution in [1.82, 2.24) is 35.2 Å². The summed E-state index contributed by atoms with van der Waals surface area (Å²) in [5, 5.41) is 21.9. The number of carbonyl (C=O) groups is 1. The van der Waals surface area contributed by atoms with Gasteiger partial charge in [-0.05, 0) is 37.1 Å². The Hall–Kier alpha value is -3.76. The number of nitrogens with one attached hydrogen (secondary N) is 2. The van der Waals surface area contributed by atoms with E-state index in [1.54, 1.807) is 16.9 Å². The number of nitrogen functional groups attached to an aromatic ring is 1. The molecule has 0 saturated heterocycles. The topological polar surface area (TPSA) is 138 Å². The number of hydrogen-bond donors (Lipinski definition) is 4. The second-order valence-electron chi connectivity index (χ2n) is 8.33. The quantitative estimate of drug-likeness (QED) is 0.266. The first-order valence-electron chi connectivity index (χ1n) is 11.3. The van der Waals surface area contributed by atoms with E-state index in [4.69, 9.17) is 5.73 Å². The number of aromatic nitrogens is 5. The van der Waals surface area contributed by atoms with Crippen molar-refractivity contribution in [3.8, 4) is 0 Å². The summed E-state index contributed by atoms with van der Waals surface area (Å²) in [7, 11) is 0. The van der Waals surface area contributed by atoms with E-state index in [0.29, 0.717) is 30.3 Å². The third kappa shape index (κ3) is 5.97. The van der Waals surface area contributed by atoms with Gasteiger partial charge in [0.1, 0.15) is 17.2 Å².